The molecule has 49 heavy (non-hydrogen) atoms. The fraction of sp³-hybridized carbons (Fsp3) is 0.244. The third-order valence-corrected chi connectivity index (χ3v) is 8.95. The van der Waals surface area contributed by atoms with Crippen LogP contribution in [-0.2, 0) is 50.1 Å². The van der Waals surface area contributed by atoms with Crippen LogP contribution in [0.3, 0.4) is 0 Å². The van der Waals surface area contributed by atoms with Gasteiger partial charge in [-0.2, -0.15) is 5.10 Å². The van der Waals surface area contributed by atoms with Gasteiger partial charge in [-0.05, 0) is 34.4 Å². The summed E-state index contributed by atoms with van der Waals surface area (Å²) in [6.07, 6.45) is -2.98. The Morgan fingerprint density at radius 1 is 0.531 bits per heavy atom. The van der Waals surface area contributed by atoms with E-state index in [1.54, 1.807) is 0 Å². The summed E-state index contributed by atoms with van der Waals surface area (Å²) in [6.45, 7) is 1.74. The van der Waals surface area contributed by atoms with Gasteiger partial charge in [-0.25, -0.2) is 4.68 Å². The summed E-state index contributed by atoms with van der Waals surface area (Å²) in [5.41, 5.74) is 5.02. The largest absolute Gasteiger partial charge is 0.374 e. The molecule has 0 radical (unpaired) electrons. The molecule has 1 saturated heterocycles. The minimum absolute atomic E-state index is 0.258. The third-order valence-electron chi connectivity index (χ3n) is 8.67. The van der Waals surface area contributed by atoms with Crippen molar-refractivity contribution in [2.24, 2.45) is 0 Å². The van der Waals surface area contributed by atoms with Crippen LogP contribution in [-0.4, -0.2) is 40.8 Å². The van der Waals surface area contributed by atoms with Crippen LogP contribution in [0.15, 0.2) is 146 Å². The highest BCUT2D eigenvalue weighted by Crippen LogP contribution is 2.38. The van der Waals surface area contributed by atoms with E-state index in [9.17, 15) is 0 Å². The van der Waals surface area contributed by atoms with Crippen molar-refractivity contribution in [1.82, 2.24) is 9.78 Å². The third kappa shape index (κ3) is 8.28. The molecule has 0 saturated carbocycles. The summed E-state index contributed by atoms with van der Waals surface area (Å²) >= 11 is 6.72. The number of hydrogen-bond acceptors (Lipinski definition) is 6. The van der Waals surface area contributed by atoms with Gasteiger partial charge in [-0.15, -0.1) is 0 Å². The molecule has 0 amide bonds. The highest BCUT2D eigenvalue weighted by atomic mass is 35.5. The van der Waals surface area contributed by atoms with E-state index in [4.69, 9.17) is 40.4 Å². The molecule has 1 aliphatic rings. The Morgan fingerprint density at radius 3 is 1.53 bits per heavy atom. The van der Waals surface area contributed by atoms with Crippen molar-refractivity contribution in [3.8, 4) is 0 Å². The van der Waals surface area contributed by atoms with Gasteiger partial charge in [0.15, 0.2) is 11.4 Å². The van der Waals surface area contributed by atoms with Gasteiger partial charge in [0.1, 0.15) is 24.4 Å². The van der Waals surface area contributed by atoms with E-state index >= 15 is 0 Å². The second kappa shape index (κ2) is 16.4. The average Bonchev–Trinajstić information content (AvgIpc) is 3.50. The van der Waals surface area contributed by atoms with Crippen molar-refractivity contribution in [2.75, 3.05) is 6.61 Å². The number of ether oxygens (including phenoxy) is 5. The van der Waals surface area contributed by atoms with E-state index in [2.05, 4.69) is 24.3 Å². The van der Waals surface area contributed by atoms with Gasteiger partial charge in [0.2, 0.25) is 0 Å². The maximum absolute atomic E-state index is 7.00. The molecule has 0 aliphatic carbocycles. The van der Waals surface area contributed by atoms with Crippen molar-refractivity contribution >= 4 is 22.5 Å². The van der Waals surface area contributed by atoms with Crippen LogP contribution in [0.4, 0.5) is 0 Å². The Bertz CT molecular complexity index is 1870. The van der Waals surface area contributed by atoms with Gasteiger partial charge in [0.25, 0.3) is 0 Å². The molecule has 5 aromatic carbocycles. The van der Waals surface area contributed by atoms with Crippen LogP contribution in [0.2, 0.25) is 5.15 Å². The lowest BCUT2D eigenvalue weighted by Gasteiger charge is -2.46. The van der Waals surface area contributed by atoms with Crippen molar-refractivity contribution in [1.29, 1.82) is 0 Å². The number of halogens is 1. The highest BCUT2D eigenvalue weighted by molar-refractivity contribution is 6.34. The minimum Gasteiger partial charge on any atom is -0.374 e. The van der Waals surface area contributed by atoms with Crippen LogP contribution in [0.1, 0.15) is 28.5 Å². The Morgan fingerprint density at radius 2 is 0.980 bits per heavy atom. The van der Waals surface area contributed by atoms with Gasteiger partial charge < -0.3 is 23.7 Å². The number of aromatic nitrogens is 2. The molecule has 1 aromatic heterocycles. The molecular weight excluding hydrogens is 636 g/mol. The van der Waals surface area contributed by atoms with Crippen molar-refractivity contribution in [3.05, 3.63) is 173 Å². The van der Waals surface area contributed by atoms with E-state index in [-0.39, 0.29) is 6.61 Å². The molecule has 0 bridgehead atoms. The van der Waals surface area contributed by atoms with E-state index in [1.165, 1.54) is 0 Å². The lowest BCUT2D eigenvalue weighted by molar-refractivity contribution is -0.291. The monoisotopic (exact) mass is 674 g/mol. The molecule has 2 heterocycles. The van der Waals surface area contributed by atoms with Gasteiger partial charge in [0, 0.05) is 5.39 Å². The Kier molecular flexibility index (Phi) is 11.1. The van der Waals surface area contributed by atoms with Gasteiger partial charge in [-0.1, -0.05) is 145 Å². The molecule has 0 unspecified atom stereocenters. The lowest BCUT2D eigenvalue weighted by atomic mass is 9.96. The number of fused-ring (bicyclic) bond motifs is 1. The quantitative estimate of drug-likeness (QED) is 0.115. The van der Waals surface area contributed by atoms with Crippen LogP contribution in [0.5, 0.6) is 0 Å². The number of benzene rings is 5. The maximum atomic E-state index is 7.00. The van der Waals surface area contributed by atoms with Crippen LogP contribution < -0.4 is 0 Å². The fourth-order valence-electron chi connectivity index (χ4n) is 6.21. The van der Waals surface area contributed by atoms with Gasteiger partial charge in [0.05, 0.1) is 38.6 Å². The molecule has 7 rings (SSSR count). The summed E-state index contributed by atoms with van der Waals surface area (Å²) in [5, 5.41) is 6.01. The minimum atomic E-state index is -0.705. The SMILES string of the molecule is Clc1nn([C@H]2O[C@H](COCc3ccccc3)[C@H](OCc3ccccc3)[C@H](OCc3ccccc3)[C@H]2OCc2ccccc2)c2ccccc12. The summed E-state index contributed by atoms with van der Waals surface area (Å²) < 4.78 is 35.6. The number of nitrogens with zero attached hydrogens (tertiary/aromatic N) is 2. The second-order valence-electron chi connectivity index (χ2n) is 12.1. The molecule has 6 aromatic rings. The molecule has 5 atom stereocenters. The first-order valence-corrected chi connectivity index (χ1v) is 17.0. The summed E-state index contributed by atoms with van der Waals surface area (Å²) in [7, 11) is 0. The van der Waals surface area contributed by atoms with E-state index in [0.29, 0.717) is 31.6 Å². The van der Waals surface area contributed by atoms with E-state index in [1.807, 2.05) is 126 Å². The lowest BCUT2D eigenvalue weighted by Crippen LogP contribution is -2.59. The molecule has 1 fully saturated rings. The standard InChI is InChI=1S/C41H39ClN2O5/c42-40-34-23-13-14-24-35(34)44(43-40)41-39(48-28-33-21-11-4-12-22-33)38(47-27-32-19-9-3-10-20-32)37(46-26-31-17-7-2-8-18-31)36(49-41)29-45-25-30-15-5-1-6-16-30/h1-24,36-39,41H,25-29H2/t36-,37+,38+,39-,41+/m1/s1. The number of para-hydroxylation sites is 1. The van der Waals surface area contributed by atoms with Crippen LogP contribution in [0.25, 0.3) is 10.9 Å². The maximum Gasteiger partial charge on any atom is 0.180 e. The second-order valence-corrected chi connectivity index (χ2v) is 12.5. The zero-order valence-corrected chi connectivity index (χ0v) is 27.8. The molecule has 7 nitrogen and oxygen atoms in total. The zero-order chi connectivity index (χ0) is 33.3. The Balaban J connectivity index is 1.27. The number of hydrogen-bond donors (Lipinski definition) is 0. The van der Waals surface area contributed by atoms with E-state index < -0.39 is 30.6 Å². The molecule has 0 spiro atoms. The first kappa shape index (κ1) is 33.2. The molecular formula is C41H39ClN2O5. The summed E-state index contributed by atoms with van der Waals surface area (Å²) in [4.78, 5) is 0. The zero-order valence-electron chi connectivity index (χ0n) is 27.1. The van der Waals surface area contributed by atoms with Gasteiger partial charge >= 0.3 is 0 Å². The van der Waals surface area contributed by atoms with Crippen molar-refractivity contribution < 1.29 is 23.7 Å². The topological polar surface area (TPSA) is 64.0 Å². The van der Waals surface area contributed by atoms with Crippen molar-refractivity contribution in [3.63, 3.8) is 0 Å². The van der Waals surface area contributed by atoms with Crippen molar-refractivity contribution in [2.45, 2.75) is 57.1 Å². The predicted molar refractivity (Wildman–Crippen MR) is 190 cm³/mol. The first-order valence-electron chi connectivity index (χ1n) is 16.6. The number of rotatable bonds is 14. The molecule has 250 valence electrons. The van der Waals surface area contributed by atoms with Gasteiger partial charge in [-0.3, -0.25) is 0 Å². The van der Waals surface area contributed by atoms with Crippen LogP contribution >= 0.6 is 11.6 Å². The Hall–Kier alpha value is -4.34. The summed E-state index contributed by atoms with van der Waals surface area (Å²) in [6, 6.07) is 48.3. The first-order chi connectivity index (χ1) is 24.2. The Labute approximate surface area is 291 Å². The highest BCUT2D eigenvalue weighted by Gasteiger charge is 2.50. The summed E-state index contributed by atoms with van der Waals surface area (Å²) in [5.74, 6) is 0. The average molecular weight is 675 g/mol. The molecule has 0 N–H and O–H groups in total. The van der Waals surface area contributed by atoms with Crippen LogP contribution in [0, 0.1) is 0 Å². The normalized spacial score (nSPS) is 20.8. The molecule has 8 heteroatoms. The fourth-order valence-corrected chi connectivity index (χ4v) is 6.45. The van der Waals surface area contributed by atoms with E-state index in [0.717, 1.165) is 33.2 Å². The predicted octanol–water partition coefficient (Wildman–Crippen LogP) is 8.56. The smallest absolute Gasteiger partial charge is 0.180 e. The molecule has 1 aliphatic heterocycles.